The van der Waals surface area contributed by atoms with Crippen molar-refractivity contribution in [2.45, 2.75) is 44.9 Å². The van der Waals surface area contributed by atoms with Crippen molar-refractivity contribution in [1.82, 2.24) is 9.97 Å². The van der Waals surface area contributed by atoms with Gasteiger partial charge in [0.05, 0.1) is 5.41 Å². The smallest absolute Gasteiger partial charge is 0.242 e. The van der Waals surface area contributed by atoms with E-state index >= 15 is 0 Å². The number of hydrogen-bond donors (Lipinski definition) is 1. The molecule has 96 valence electrons. The number of aromatic nitrogens is 2. The van der Waals surface area contributed by atoms with Crippen LogP contribution in [0.4, 0.5) is 5.95 Å². The van der Waals surface area contributed by atoms with Crippen molar-refractivity contribution in [1.29, 1.82) is 0 Å². The maximum Gasteiger partial charge on any atom is 0.242 e. The number of nitrogens with zero attached hydrogens (tertiary/aromatic N) is 2. The van der Waals surface area contributed by atoms with Crippen molar-refractivity contribution >= 4 is 17.8 Å². The summed E-state index contributed by atoms with van der Waals surface area (Å²) in [7, 11) is 0. The molecule has 0 bridgehead atoms. The van der Waals surface area contributed by atoms with Gasteiger partial charge in [-0.15, -0.1) is 0 Å². The number of carbonyl (C=O) groups is 2. The molecule has 2 fully saturated rings. The molecule has 2 amide bonds. The highest BCUT2D eigenvalue weighted by atomic mass is 16.2. The van der Waals surface area contributed by atoms with Gasteiger partial charge in [0.15, 0.2) is 0 Å². The average Bonchev–Trinajstić information content (AvgIpc) is 2.84. The zero-order chi connectivity index (χ0) is 12.6. The number of H-pyrrole nitrogens is 1. The Hall–Kier alpha value is -1.65. The lowest BCUT2D eigenvalue weighted by Gasteiger charge is -2.24. The molecule has 0 radical (unpaired) electrons. The van der Waals surface area contributed by atoms with Crippen LogP contribution >= 0.6 is 0 Å². The summed E-state index contributed by atoms with van der Waals surface area (Å²) in [6, 6.07) is 0. The van der Waals surface area contributed by atoms with Gasteiger partial charge >= 0.3 is 0 Å². The normalized spacial score (nSPS) is 23.7. The third-order valence-corrected chi connectivity index (χ3v) is 4.15. The van der Waals surface area contributed by atoms with Gasteiger partial charge in [0.2, 0.25) is 17.8 Å². The molecule has 1 saturated heterocycles. The summed E-state index contributed by atoms with van der Waals surface area (Å²) in [6.07, 6.45) is 9.67. The van der Waals surface area contributed by atoms with E-state index in [-0.39, 0.29) is 11.8 Å². The summed E-state index contributed by atoms with van der Waals surface area (Å²) in [5.41, 5.74) is -0.444. The fourth-order valence-corrected chi connectivity index (χ4v) is 3.18. The molecular weight excluding hydrogens is 230 g/mol. The lowest BCUT2D eigenvalue weighted by Crippen LogP contribution is -2.36. The van der Waals surface area contributed by atoms with Crippen molar-refractivity contribution < 1.29 is 9.59 Å². The zero-order valence-corrected chi connectivity index (χ0v) is 10.3. The van der Waals surface area contributed by atoms with Gasteiger partial charge in [0, 0.05) is 18.8 Å². The minimum Gasteiger partial charge on any atom is -0.330 e. The lowest BCUT2D eigenvalue weighted by molar-refractivity contribution is -0.126. The Kier molecular flexibility index (Phi) is 2.69. The third kappa shape index (κ3) is 1.65. The molecule has 1 aliphatic carbocycles. The summed E-state index contributed by atoms with van der Waals surface area (Å²) in [6.45, 7) is 0. The first-order chi connectivity index (χ1) is 8.73. The quantitative estimate of drug-likeness (QED) is 0.772. The van der Waals surface area contributed by atoms with E-state index in [0.29, 0.717) is 12.4 Å². The Morgan fingerprint density at radius 3 is 2.50 bits per heavy atom. The molecule has 1 aliphatic heterocycles. The molecule has 0 atom stereocenters. The molecule has 1 aromatic rings. The number of imidazole rings is 1. The maximum atomic E-state index is 12.6. The minimum absolute atomic E-state index is 0.0515. The molecule has 18 heavy (non-hydrogen) atoms. The van der Waals surface area contributed by atoms with Crippen LogP contribution in [0, 0.1) is 5.41 Å². The first-order valence-electron chi connectivity index (χ1n) is 6.60. The Bertz CT molecular complexity index is 459. The van der Waals surface area contributed by atoms with Crippen LogP contribution in [0.5, 0.6) is 0 Å². The number of hydrogen-bond acceptors (Lipinski definition) is 3. The minimum atomic E-state index is -0.444. The predicted molar refractivity (Wildman–Crippen MR) is 65.8 cm³/mol. The van der Waals surface area contributed by atoms with Crippen molar-refractivity contribution in [3.63, 3.8) is 0 Å². The Morgan fingerprint density at radius 2 is 1.89 bits per heavy atom. The summed E-state index contributed by atoms with van der Waals surface area (Å²) >= 11 is 0. The molecule has 1 N–H and O–H groups in total. The van der Waals surface area contributed by atoms with Crippen LogP contribution in [0.15, 0.2) is 12.4 Å². The summed E-state index contributed by atoms with van der Waals surface area (Å²) < 4.78 is 0. The van der Waals surface area contributed by atoms with Crippen molar-refractivity contribution in [3.8, 4) is 0 Å². The second-order valence-corrected chi connectivity index (χ2v) is 5.32. The number of rotatable bonds is 1. The zero-order valence-electron chi connectivity index (χ0n) is 10.3. The topological polar surface area (TPSA) is 66.1 Å². The van der Waals surface area contributed by atoms with Crippen molar-refractivity contribution in [2.75, 3.05) is 4.90 Å². The van der Waals surface area contributed by atoms with Gasteiger partial charge < -0.3 is 4.98 Å². The number of amides is 2. The largest absolute Gasteiger partial charge is 0.330 e. The maximum absolute atomic E-state index is 12.6. The van der Waals surface area contributed by atoms with E-state index in [2.05, 4.69) is 9.97 Å². The fourth-order valence-electron chi connectivity index (χ4n) is 3.18. The lowest BCUT2D eigenvalue weighted by atomic mass is 9.79. The van der Waals surface area contributed by atoms with Crippen LogP contribution in [0.1, 0.15) is 44.9 Å². The Labute approximate surface area is 106 Å². The highest BCUT2D eigenvalue weighted by Gasteiger charge is 2.52. The van der Waals surface area contributed by atoms with Crippen LogP contribution < -0.4 is 4.90 Å². The molecule has 5 nitrogen and oxygen atoms in total. The molecule has 2 heterocycles. The van der Waals surface area contributed by atoms with Gasteiger partial charge in [-0.05, 0) is 12.8 Å². The van der Waals surface area contributed by atoms with Gasteiger partial charge in [-0.1, -0.05) is 25.7 Å². The molecule has 2 aliphatic rings. The first kappa shape index (κ1) is 11.4. The highest BCUT2D eigenvalue weighted by Crippen LogP contribution is 2.44. The van der Waals surface area contributed by atoms with E-state index in [9.17, 15) is 9.59 Å². The average molecular weight is 247 g/mol. The standard InChI is InChI=1S/C13H17N3O2/c17-10-9-13(5-3-1-2-4-6-13)11(18)16(10)12-14-7-8-15-12/h7-8H,1-6,9H2,(H,14,15). The van der Waals surface area contributed by atoms with Gasteiger partial charge in [0.25, 0.3) is 0 Å². The SMILES string of the molecule is O=C1CC2(CCCCCC2)C(=O)N1c1ncc[nH]1. The highest BCUT2D eigenvalue weighted by molar-refractivity contribution is 6.21. The third-order valence-electron chi connectivity index (χ3n) is 4.15. The molecule has 1 spiro atoms. The molecule has 0 aromatic carbocycles. The van der Waals surface area contributed by atoms with E-state index in [1.807, 2.05) is 0 Å². The van der Waals surface area contributed by atoms with E-state index in [1.54, 1.807) is 12.4 Å². The Balaban J connectivity index is 1.92. The molecule has 5 heteroatoms. The number of anilines is 1. The van der Waals surface area contributed by atoms with E-state index < -0.39 is 5.41 Å². The monoisotopic (exact) mass is 247 g/mol. The fraction of sp³-hybridized carbons (Fsp3) is 0.615. The number of carbonyl (C=O) groups excluding carboxylic acids is 2. The van der Waals surface area contributed by atoms with E-state index in [4.69, 9.17) is 0 Å². The summed E-state index contributed by atoms with van der Waals surface area (Å²) in [5, 5.41) is 0. The van der Waals surface area contributed by atoms with Crippen molar-refractivity contribution in [2.24, 2.45) is 5.41 Å². The van der Waals surface area contributed by atoms with Crippen LogP contribution in [0.25, 0.3) is 0 Å². The second kappa shape index (κ2) is 4.23. The van der Waals surface area contributed by atoms with Crippen LogP contribution in [-0.4, -0.2) is 21.8 Å². The van der Waals surface area contributed by atoms with Gasteiger partial charge in [-0.25, -0.2) is 9.88 Å². The van der Waals surface area contributed by atoms with Crippen molar-refractivity contribution in [3.05, 3.63) is 12.4 Å². The first-order valence-corrected chi connectivity index (χ1v) is 6.60. The molecule has 1 saturated carbocycles. The van der Waals surface area contributed by atoms with Gasteiger partial charge in [-0.2, -0.15) is 0 Å². The van der Waals surface area contributed by atoms with Crippen LogP contribution in [-0.2, 0) is 9.59 Å². The van der Waals surface area contributed by atoms with E-state index in [0.717, 1.165) is 25.7 Å². The summed E-state index contributed by atoms with van der Waals surface area (Å²) in [5.74, 6) is 0.201. The van der Waals surface area contributed by atoms with Gasteiger partial charge in [0.1, 0.15) is 0 Å². The number of aromatic amines is 1. The molecule has 3 rings (SSSR count). The number of nitrogens with one attached hydrogen (secondary N) is 1. The molecule has 0 unspecified atom stereocenters. The number of imide groups is 1. The second-order valence-electron chi connectivity index (χ2n) is 5.32. The predicted octanol–water partition coefficient (Wildman–Crippen LogP) is 2.01. The molecule has 1 aromatic heterocycles. The Morgan fingerprint density at radius 1 is 1.17 bits per heavy atom. The van der Waals surface area contributed by atoms with Crippen LogP contribution in [0.2, 0.25) is 0 Å². The molecular formula is C13H17N3O2. The van der Waals surface area contributed by atoms with Gasteiger partial charge in [-0.3, -0.25) is 9.59 Å². The van der Waals surface area contributed by atoms with E-state index in [1.165, 1.54) is 17.7 Å². The van der Waals surface area contributed by atoms with Crippen LogP contribution in [0.3, 0.4) is 0 Å². The summed E-state index contributed by atoms with van der Waals surface area (Å²) in [4.78, 5) is 32.8.